The van der Waals surface area contributed by atoms with Gasteiger partial charge in [-0.3, -0.25) is 4.79 Å². The molecule has 1 amide bonds. The molecule has 2 aliphatic rings. The van der Waals surface area contributed by atoms with Crippen LogP contribution in [0.1, 0.15) is 13.3 Å². The number of hydrogen-bond acceptors (Lipinski definition) is 2. The molecule has 3 nitrogen and oxygen atoms in total. The molecular formula is C9H11NO2. The first kappa shape index (κ1) is 7.40. The smallest absolute Gasteiger partial charge is 0.258 e. The van der Waals surface area contributed by atoms with E-state index < -0.39 is 0 Å². The Labute approximate surface area is 71.1 Å². The Hall–Kier alpha value is -1.25. The van der Waals surface area contributed by atoms with Gasteiger partial charge in [0.25, 0.3) is 5.91 Å². The van der Waals surface area contributed by atoms with Crippen LogP contribution in [0.2, 0.25) is 0 Å². The normalized spacial score (nSPS) is 27.8. The number of carbonyl (C=O) groups excluding carboxylic acids is 1. The molecule has 0 spiro atoms. The minimum Gasteiger partial charge on any atom is -0.486 e. The zero-order valence-electron chi connectivity index (χ0n) is 6.96. The van der Waals surface area contributed by atoms with E-state index in [-0.39, 0.29) is 18.6 Å². The van der Waals surface area contributed by atoms with Crippen molar-refractivity contribution in [3.63, 3.8) is 0 Å². The van der Waals surface area contributed by atoms with E-state index in [0.29, 0.717) is 0 Å². The number of allylic oxidation sites excluding steroid dienone is 2. The Morgan fingerprint density at radius 3 is 3.33 bits per heavy atom. The van der Waals surface area contributed by atoms with E-state index in [4.69, 9.17) is 4.74 Å². The first-order valence-corrected chi connectivity index (χ1v) is 4.06. The summed E-state index contributed by atoms with van der Waals surface area (Å²) >= 11 is 0. The third kappa shape index (κ3) is 1.22. The van der Waals surface area contributed by atoms with E-state index in [2.05, 4.69) is 11.4 Å². The van der Waals surface area contributed by atoms with Crippen LogP contribution in [0.5, 0.6) is 0 Å². The summed E-state index contributed by atoms with van der Waals surface area (Å²) in [5.41, 5.74) is 1.21. The van der Waals surface area contributed by atoms with E-state index >= 15 is 0 Å². The highest BCUT2D eigenvalue weighted by Crippen LogP contribution is 2.20. The number of morpholine rings is 1. The number of ether oxygens (including phenoxy) is 1. The van der Waals surface area contributed by atoms with Crippen LogP contribution in [0.15, 0.2) is 23.5 Å². The molecule has 1 aliphatic carbocycles. The van der Waals surface area contributed by atoms with Crippen LogP contribution < -0.4 is 5.32 Å². The van der Waals surface area contributed by atoms with Crippen molar-refractivity contribution in [2.24, 2.45) is 0 Å². The van der Waals surface area contributed by atoms with E-state index in [1.807, 2.05) is 13.0 Å². The lowest BCUT2D eigenvalue weighted by Crippen LogP contribution is -2.44. The molecule has 64 valence electrons. The fourth-order valence-electron chi connectivity index (χ4n) is 1.46. The molecule has 0 radical (unpaired) electrons. The van der Waals surface area contributed by atoms with Crippen LogP contribution in [0.4, 0.5) is 0 Å². The quantitative estimate of drug-likeness (QED) is 0.574. The van der Waals surface area contributed by atoms with Gasteiger partial charge in [-0.15, -0.1) is 0 Å². The Morgan fingerprint density at radius 1 is 1.67 bits per heavy atom. The molecule has 1 atom stereocenters. The SMILES string of the molecule is CC1=CCC2NC(=O)COC2=C1. The van der Waals surface area contributed by atoms with Crippen LogP contribution in [-0.2, 0) is 9.53 Å². The first-order chi connectivity index (χ1) is 5.75. The van der Waals surface area contributed by atoms with E-state index in [0.717, 1.165) is 12.2 Å². The van der Waals surface area contributed by atoms with Gasteiger partial charge in [-0.1, -0.05) is 11.6 Å². The van der Waals surface area contributed by atoms with Gasteiger partial charge < -0.3 is 10.1 Å². The van der Waals surface area contributed by atoms with E-state index in [1.54, 1.807) is 0 Å². The molecule has 1 N–H and O–H groups in total. The second-order valence-corrected chi connectivity index (χ2v) is 3.14. The van der Waals surface area contributed by atoms with Crippen molar-refractivity contribution >= 4 is 5.91 Å². The number of rotatable bonds is 0. The fraction of sp³-hybridized carbons (Fsp3) is 0.444. The summed E-state index contributed by atoms with van der Waals surface area (Å²) in [6.45, 7) is 2.19. The van der Waals surface area contributed by atoms with Gasteiger partial charge in [0.2, 0.25) is 0 Å². The number of hydrogen-bond donors (Lipinski definition) is 1. The predicted octanol–water partition coefficient (Wildman–Crippen LogP) is 0.735. The molecule has 1 aliphatic heterocycles. The lowest BCUT2D eigenvalue weighted by molar-refractivity contribution is -0.128. The zero-order chi connectivity index (χ0) is 8.55. The summed E-state index contributed by atoms with van der Waals surface area (Å²) in [4.78, 5) is 10.9. The summed E-state index contributed by atoms with van der Waals surface area (Å²) in [5.74, 6) is 0.875. The van der Waals surface area contributed by atoms with Crippen molar-refractivity contribution in [2.45, 2.75) is 19.4 Å². The lowest BCUT2D eigenvalue weighted by atomic mass is 10.0. The highest BCUT2D eigenvalue weighted by atomic mass is 16.5. The minimum atomic E-state index is -0.0231. The standard InChI is InChI=1S/C9H11NO2/c1-6-2-3-7-8(4-6)12-5-9(11)10-7/h2,4,7H,3,5H2,1H3,(H,10,11). The van der Waals surface area contributed by atoms with Crippen LogP contribution in [-0.4, -0.2) is 18.6 Å². The maximum absolute atomic E-state index is 10.9. The van der Waals surface area contributed by atoms with Crippen LogP contribution in [0, 0.1) is 0 Å². The van der Waals surface area contributed by atoms with E-state index in [1.165, 1.54) is 5.57 Å². The molecule has 1 fully saturated rings. The van der Waals surface area contributed by atoms with Gasteiger partial charge >= 0.3 is 0 Å². The highest BCUT2D eigenvalue weighted by Gasteiger charge is 2.25. The molecule has 0 aromatic heterocycles. The van der Waals surface area contributed by atoms with Crippen molar-refractivity contribution in [1.82, 2.24) is 5.32 Å². The molecular weight excluding hydrogens is 154 g/mol. The van der Waals surface area contributed by atoms with Gasteiger partial charge in [-0.2, -0.15) is 0 Å². The molecule has 1 unspecified atom stereocenters. The van der Waals surface area contributed by atoms with Gasteiger partial charge in [0.15, 0.2) is 6.61 Å². The van der Waals surface area contributed by atoms with Crippen LogP contribution in [0.3, 0.4) is 0 Å². The molecule has 3 heteroatoms. The molecule has 2 rings (SSSR count). The molecule has 0 bridgehead atoms. The largest absolute Gasteiger partial charge is 0.486 e. The summed E-state index contributed by atoms with van der Waals surface area (Å²) in [7, 11) is 0. The van der Waals surface area contributed by atoms with Crippen molar-refractivity contribution in [2.75, 3.05) is 6.61 Å². The average Bonchev–Trinajstić information content (AvgIpc) is 2.05. The molecule has 1 saturated heterocycles. The van der Waals surface area contributed by atoms with Gasteiger partial charge in [-0.25, -0.2) is 0 Å². The second kappa shape index (κ2) is 2.66. The molecule has 0 saturated carbocycles. The van der Waals surface area contributed by atoms with Gasteiger partial charge in [-0.05, 0) is 19.4 Å². The van der Waals surface area contributed by atoms with E-state index in [9.17, 15) is 4.79 Å². The van der Waals surface area contributed by atoms with Crippen molar-refractivity contribution in [1.29, 1.82) is 0 Å². The van der Waals surface area contributed by atoms with Crippen molar-refractivity contribution in [3.8, 4) is 0 Å². The Morgan fingerprint density at radius 2 is 2.50 bits per heavy atom. The molecule has 1 heterocycles. The summed E-state index contributed by atoms with van der Waals surface area (Å²) < 4.78 is 5.27. The number of carbonyl (C=O) groups is 1. The maximum Gasteiger partial charge on any atom is 0.258 e. The summed E-state index contributed by atoms with van der Waals surface area (Å²) in [6, 6.07) is 0.0787. The highest BCUT2D eigenvalue weighted by molar-refractivity contribution is 5.79. The van der Waals surface area contributed by atoms with Crippen LogP contribution in [0.25, 0.3) is 0 Å². The lowest BCUT2D eigenvalue weighted by Gasteiger charge is -2.28. The predicted molar refractivity (Wildman–Crippen MR) is 44.3 cm³/mol. The number of fused-ring (bicyclic) bond motifs is 1. The third-order valence-electron chi connectivity index (χ3n) is 2.09. The average molecular weight is 165 g/mol. The molecule has 0 aromatic carbocycles. The third-order valence-corrected chi connectivity index (χ3v) is 2.09. The summed E-state index contributed by atoms with van der Waals surface area (Å²) in [5, 5.41) is 2.86. The minimum absolute atomic E-state index is 0.0231. The molecule has 12 heavy (non-hydrogen) atoms. The van der Waals surface area contributed by atoms with Crippen LogP contribution >= 0.6 is 0 Å². The number of amides is 1. The maximum atomic E-state index is 10.9. The molecule has 0 aromatic rings. The monoisotopic (exact) mass is 165 g/mol. The van der Waals surface area contributed by atoms with Gasteiger partial charge in [0.05, 0.1) is 6.04 Å². The fourth-order valence-corrected chi connectivity index (χ4v) is 1.46. The number of nitrogens with one attached hydrogen (secondary N) is 1. The summed E-state index contributed by atoms with van der Waals surface area (Å²) in [6.07, 6.45) is 4.93. The zero-order valence-corrected chi connectivity index (χ0v) is 6.96. The topological polar surface area (TPSA) is 38.3 Å². The Bertz CT molecular complexity index is 278. The first-order valence-electron chi connectivity index (χ1n) is 4.06. The van der Waals surface area contributed by atoms with Gasteiger partial charge in [0.1, 0.15) is 5.76 Å². The van der Waals surface area contributed by atoms with Crippen molar-refractivity contribution < 1.29 is 9.53 Å². The Kier molecular flexibility index (Phi) is 1.64. The second-order valence-electron chi connectivity index (χ2n) is 3.14. The van der Waals surface area contributed by atoms with Gasteiger partial charge in [0, 0.05) is 0 Å². The van der Waals surface area contributed by atoms with Crippen molar-refractivity contribution in [3.05, 3.63) is 23.5 Å². The Balaban J connectivity index is 2.18.